The van der Waals surface area contributed by atoms with Gasteiger partial charge in [-0.2, -0.15) is 0 Å². The van der Waals surface area contributed by atoms with Gasteiger partial charge in [0.1, 0.15) is 10.4 Å². The lowest BCUT2D eigenvalue weighted by Crippen LogP contribution is -2.12. The van der Waals surface area contributed by atoms with Gasteiger partial charge in [0.05, 0.1) is 17.4 Å². The summed E-state index contributed by atoms with van der Waals surface area (Å²) in [6.45, 7) is 6.33. The first-order chi connectivity index (χ1) is 9.65. The van der Waals surface area contributed by atoms with Crippen molar-refractivity contribution in [2.24, 2.45) is 0 Å². The van der Waals surface area contributed by atoms with Crippen molar-refractivity contribution in [1.29, 1.82) is 0 Å². The molecule has 0 radical (unpaired) electrons. The summed E-state index contributed by atoms with van der Waals surface area (Å²) >= 11 is 3.49. The zero-order valence-electron chi connectivity index (χ0n) is 12.2. The second-order valence-electron chi connectivity index (χ2n) is 4.74. The molecule has 0 aliphatic heterocycles. The zero-order valence-corrected chi connectivity index (χ0v) is 13.7. The summed E-state index contributed by atoms with van der Waals surface area (Å²) < 4.78 is 0.856. The van der Waals surface area contributed by atoms with Crippen LogP contribution in [0.2, 0.25) is 0 Å². The van der Waals surface area contributed by atoms with Gasteiger partial charge in [-0.05, 0) is 41.3 Å². The van der Waals surface area contributed by atoms with Gasteiger partial charge < -0.3 is 5.32 Å². The van der Waals surface area contributed by atoms with E-state index in [2.05, 4.69) is 71.3 Å². The average Bonchev–Trinajstić information content (AvgIpc) is 2.49. The van der Waals surface area contributed by atoms with E-state index in [1.807, 2.05) is 6.07 Å². The lowest BCUT2D eigenvalue weighted by Gasteiger charge is -2.18. The van der Waals surface area contributed by atoms with Crippen molar-refractivity contribution in [2.45, 2.75) is 39.7 Å². The Kier molecular flexibility index (Phi) is 5.12. The molecule has 1 aromatic carbocycles. The highest BCUT2D eigenvalue weighted by Gasteiger charge is 2.13. The Balaban J connectivity index is 2.28. The van der Waals surface area contributed by atoms with Crippen LogP contribution >= 0.6 is 15.9 Å². The molecule has 1 aromatic heterocycles. The van der Waals surface area contributed by atoms with Gasteiger partial charge in [-0.25, -0.2) is 9.97 Å². The molecule has 1 heterocycles. The van der Waals surface area contributed by atoms with Gasteiger partial charge in [0.15, 0.2) is 0 Å². The molecule has 0 unspecified atom stereocenters. The first-order valence-electron chi connectivity index (χ1n) is 7.02. The minimum Gasteiger partial charge on any atom is -0.362 e. The molecule has 0 saturated carbocycles. The zero-order chi connectivity index (χ0) is 14.5. The number of aryl methyl sites for hydroxylation is 2. The van der Waals surface area contributed by atoms with Crippen LogP contribution < -0.4 is 5.32 Å². The van der Waals surface area contributed by atoms with Crippen LogP contribution in [0.15, 0.2) is 34.9 Å². The van der Waals surface area contributed by atoms with Crippen LogP contribution in [0.3, 0.4) is 0 Å². The first kappa shape index (κ1) is 15.0. The van der Waals surface area contributed by atoms with Crippen LogP contribution in [0.1, 0.15) is 43.8 Å². The fourth-order valence-corrected chi connectivity index (χ4v) is 2.68. The van der Waals surface area contributed by atoms with E-state index in [0.29, 0.717) is 0 Å². The number of nitrogens with one attached hydrogen (secondary N) is 1. The lowest BCUT2D eigenvalue weighted by molar-refractivity contribution is 0.840. The van der Waals surface area contributed by atoms with Gasteiger partial charge in [0.2, 0.25) is 0 Å². The Morgan fingerprint density at radius 2 is 1.70 bits per heavy atom. The summed E-state index contributed by atoms with van der Waals surface area (Å²) in [5.41, 5.74) is 3.24. The molecule has 0 saturated heterocycles. The Morgan fingerprint density at radius 3 is 2.30 bits per heavy atom. The van der Waals surface area contributed by atoms with E-state index in [0.717, 1.165) is 34.7 Å². The molecular weight excluding hydrogens is 314 g/mol. The molecule has 0 aliphatic carbocycles. The van der Waals surface area contributed by atoms with E-state index in [9.17, 15) is 0 Å². The second-order valence-corrected chi connectivity index (χ2v) is 5.49. The summed E-state index contributed by atoms with van der Waals surface area (Å²) in [7, 11) is 0. The van der Waals surface area contributed by atoms with E-state index in [-0.39, 0.29) is 6.04 Å². The van der Waals surface area contributed by atoms with Crippen LogP contribution in [0.5, 0.6) is 0 Å². The number of hydrogen-bond donors (Lipinski definition) is 1. The SMILES string of the molecule is CCc1nc(N[C@H](C)c2ccccc2)c(CC)nc1Br. The quantitative estimate of drug-likeness (QED) is 0.872. The van der Waals surface area contributed by atoms with Gasteiger partial charge in [0.25, 0.3) is 0 Å². The summed E-state index contributed by atoms with van der Waals surface area (Å²) in [6.07, 6.45) is 1.73. The highest BCUT2D eigenvalue weighted by Crippen LogP contribution is 2.23. The van der Waals surface area contributed by atoms with Gasteiger partial charge in [-0.3, -0.25) is 0 Å². The van der Waals surface area contributed by atoms with E-state index >= 15 is 0 Å². The monoisotopic (exact) mass is 333 g/mol. The third-order valence-electron chi connectivity index (χ3n) is 3.31. The number of halogens is 1. The highest BCUT2D eigenvalue weighted by molar-refractivity contribution is 9.10. The topological polar surface area (TPSA) is 37.8 Å². The number of anilines is 1. The molecular formula is C16H20BrN3. The van der Waals surface area contributed by atoms with Crippen molar-refractivity contribution in [1.82, 2.24) is 9.97 Å². The Labute approximate surface area is 129 Å². The fourth-order valence-electron chi connectivity index (χ4n) is 2.10. The largest absolute Gasteiger partial charge is 0.362 e. The summed E-state index contributed by atoms with van der Waals surface area (Å²) in [4.78, 5) is 9.31. The molecule has 0 amide bonds. The molecule has 0 fully saturated rings. The molecule has 1 N–H and O–H groups in total. The van der Waals surface area contributed by atoms with E-state index in [1.165, 1.54) is 5.56 Å². The highest BCUT2D eigenvalue weighted by atomic mass is 79.9. The van der Waals surface area contributed by atoms with E-state index in [4.69, 9.17) is 4.98 Å². The standard InChI is InChI=1S/C16H20BrN3/c1-4-13-15(17)19-14(5-2)16(20-13)18-11(3)12-9-7-6-8-10-12/h6-11H,4-5H2,1-3H3,(H,18,20)/t11-/m1/s1. The van der Waals surface area contributed by atoms with Crippen molar-refractivity contribution >= 4 is 21.7 Å². The molecule has 4 heteroatoms. The number of hydrogen-bond acceptors (Lipinski definition) is 3. The van der Waals surface area contributed by atoms with Crippen molar-refractivity contribution in [3.8, 4) is 0 Å². The van der Waals surface area contributed by atoms with Gasteiger partial charge in [-0.1, -0.05) is 44.2 Å². The number of aromatic nitrogens is 2. The molecule has 2 aromatic rings. The van der Waals surface area contributed by atoms with Gasteiger partial charge >= 0.3 is 0 Å². The number of nitrogens with zero attached hydrogens (tertiary/aromatic N) is 2. The van der Waals surface area contributed by atoms with E-state index in [1.54, 1.807) is 0 Å². The van der Waals surface area contributed by atoms with Crippen molar-refractivity contribution < 1.29 is 0 Å². The van der Waals surface area contributed by atoms with Crippen LogP contribution in [0.25, 0.3) is 0 Å². The minimum atomic E-state index is 0.210. The molecule has 20 heavy (non-hydrogen) atoms. The smallest absolute Gasteiger partial charge is 0.148 e. The molecule has 1 atom stereocenters. The van der Waals surface area contributed by atoms with Crippen molar-refractivity contribution in [2.75, 3.05) is 5.32 Å². The van der Waals surface area contributed by atoms with Crippen LogP contribution in [-0.4, -0.2) is 9.97 Å². The summed E-state index contributed by atoms with van der Waals surface area (Å²) in [5, 5.41) is 3.49. The van der Waals surface area contributed by atoms with Crippen molar-refractivity contribution in [3.63, 3.8) is 0 Å². The normalized spacial score (nSPS) is 12.2. The predicted octanol–water partition coefficient (Wildman–Crippen LogP) is 4.54. The van der Waals surface area contributed by atoms with Gasteiger partial charge in [-0.15, -0.1) is 0 Å². The molecule has 0 bridgehead atoms. The molecule has 0 spiro atoms. The number of benzene rings is 1. The summed E-state index contributed by atoms with van der Waals surface area (Å²) in [5.74, 6) is 0.893. The van der Waals surface area contributed by atoms with Crippen molar-refractivity contribution in [3.05, 3.63) is 51.9 Å². The Morgan fingerprint density at radius 1 is 1.05 bits per heavy atom. The Hall–Kier alpha value is -1.42. The summed E-state index contributed by atoms with van der Waals surface area (Å²) in [6, 6.07) is 10.6. The van der Waals surface area contributed by atoms with Crippen LogP contribution in [-0.2, 0) is 12.8 Å². The molecule has 0 aliphatic rings. The maximum absolute atomic E-state index is 4.71. The third kappa shape index (κ3) is 3.37. The number of rotatable bonds is 5. The molecule has 106 valence electrons. The lowest BCUT2D eigenvalue weighted by atomic mass is 10.1. The second kappa shape index (κ2) is 6.84. The molecule has 3 nitrogen and oxygen atoms in total. The van der Waals surface area contributed by atoms with Crippen LogP contribution in [0.4, 0.5) is 5.82 Å². The third-order valence-corrected chi connectivity index (χ3v) is 3.95. The predicted molar refractivity (Wildman–Crippen MR) is 87.0 cm³/mol. The van der Waals surface area contributed by atoms with E-state index < -0.39 is 0 Å². The maximum atomic E-state index is 4.71. The van der Waals surface area contributed by atoms with Gasteiger partial charge in [0, 0.05) is 0 Å². The maximum Gasteiger partial charge on any atom is 0.148 e. The average molecular weight is 334 g/mol. The minimum absolute atomic E-state index is 0.210. The fraction of sp³-hybridized carbons (Fsp3) is 0.375. The Bertz CT molecular complexity index is 569. The molecule has 2 rings (SSSR count). The van der Waals surface area contributed by atoms with Crippen LogP contribution in [0, 0.1) is 0 Å². The first-order valence-corrected chi connectivity index (χ1v) is 7.81.